The summed E-state index contributed by atoms with van der Waals surface area (Å²) in [5.41, 5.74) is -0.0224. The summed E-state index contributed by atoms with van der Waals surface area (Å²) in [7, 11) is 1.48. The van der Waals surface area contributed by atoms with E-state index >= 15 is 0 Å². The number of halogens is 3. The van der Waals surface area contributed by atoms with Gasteiger partial charge in [0.1, 0.15) is 5.76 Å². The Morgan fingerprint density at radius 2 is 1.73 bits per heavy atom. The number of allylic oxidation sites excluding steroid dienone is 1. The van der Waals surface area contributed by atoms with Crippen molar-refractivity contribution in [1.29, 1.82) is 0 Å². The lowest BCUT2D eigenvalue weighted by Crippen LogP contribution is -2.04. The van der Waals surface area contributed by atoms with Gasteiger partial charge in [-0.05, 0) is 25.1 Å². The average Bonchev–Trinajstić information content (AvgIpc) is 2.19. The van der Waals surface area contributed by atoms with Gasteiger partial charge in [0.05, 0.1) is 12.7 Å². The van der Waals surface area contributed by atoms with Gasteiger partial charge in [0.25, 0.3) is 0 Å². The number of ether oxygens (including phenoxy) is 1. The van der Waals surface area contributed by atoms with E-state index in [2.05, 4.69) is 0 Å². The van der Waals surface area contributed by atoms with Gasteiger partial charge in [0, 0.05) is 5.56 Å². The van der Waals surface area contributed by atoms with Crippen LogP contribution < -0.4 is 0 Å². The van der Waals surface area contributed by atoms with Crippen LogP contribution in [0.2, 0.25) is 0 Å². The van der Waals surface area contributed by atoms with Crippen molar-refractivity contribution in [2.75, 3.05) is 7.11 Å². The second-order valence-corrected chi connectivity index (χ2v) is 2.93. The SMILES string of the molecule is CC=C(OC)c1ccc(C(F)(F)F)cc1. The maximum absolute atomic E-state index is 12.2. The van der Waals surface area contributed by atoms with Crippen LogP contribution in [-0.2, 0) is 10.9 Å². The zero-order valence-electron chi connectivity index (χ0n) is 8.43. The fraction of sp³-hybridized carbons (Fsp3) is 0.273. The van der Waals surface area contributed by atoms with Gasteiger partial charge < -0.3 is 4.74 Å². The lowest BCUT2D eigenvalue weighted by molar-refractivity contribution is -0.137. The monoisotopic (exact) mass is 216 g/mol. The van der Waals surface area contributed by atoms with E-state index < -0.39 is 11.7 Å². The molecule has 15 heavy (non-hydrogen) atoms. The van der Waals surface area contributed by atoms with Crippen LogP contribution in [0.5, 0.6) is 0 Å². The first-order valence-electron chi connectivity index (χ1n) is 4.37. The van der Waals surface area contributed by atoms with Gasteiger partial charge in [0.2, 0.25) is 0 Å². The van der Waals surface area contributed by atoms with E-state index in [0.717, 1.165) is 12.1 Å². The van der Waals surface area contributed by atoms with Crippen LogP contribution in [0.4, 0.5) is 13.2 Å². The molecule has 0 amide bonds. The third kappa shape index (κ3) is 2.75. The predicted molar refractivity (Wildman–Crippen MR) is 52.1 cm³/mol. The maximum Gasteiger partial charge on any atom is 0.416 e. The first-order chi connectivity index (χ1) is 6.99. The van der Waals surface area contributed by atoms with Crippen LogP contribution in [0.15, 0.2) is 30.3 Å². The molecule has 82 valence electrons. The molecule has 0 aliphatic rings. The quantitative estimate of drug-likeness (QED) is 0.685. The third-order valence-electron chi connectivity index (χ3n) is 1.98. The number of hydrogen-bond donors (Lipinski definition) is 0. The Labute approximate surface area is 86.2 Å². The Hall–Kier alpha value is -1.45. The van der Waals surface area contributed by atoms with Crippen LogP contribution in [0.25, 0.3) is 5.76 Å². The maximum atomic E-state index is 12.2. The number of benzene rings is 1. The molecular formula is C11H11F3O. The van der Waals surface area contributed by atoms with Crippen molar-refractivity contribution in [3.05, 3.63) is 41.5 Å². The van der Waals surface area contributed by atoms with Crippen molar-refractivity contribution in [1.82, 2.24) is 0 Å². The second-order valence-electron chi connectivity index (χ2n) is 2.93. The molecule has 0 aromatic heterocycles. The molecule has 0 saturated carbocycles. The molecule has 1 aromatic carbocycles. The highest BCUT2D eigenvalue weighted by atomic mass is 19.4. The van der Waals surface area contributed by atoms with Crippen LogP contribution in [0.3, 0.4) is 0 Å². The molecule has 0 saturated heterocycles. The standard InChI is InChI=1S/C11H11F3O/c1-3-10(15-2)8-4-6-9(7-5-8)11(12,13)14/h3-7H,1-2H3. The first-order valence-corrected chi connectivity index (χ1v) is 4.37. The van der Waals surface area contributed by atoms with E-state index in [0.29, 0.717) is 11.3 Å². The minimum Gasteiger partial charge on any atom is -0.496 e. The van der Waals surface area contributed by atoms with Crippen molar-refractivity contribution < 1.29 is 17.9 Å². The summed E-state index contributed by atoms with van der Waals surface area (Å²) in [6.07, 6.45) is -2.59. The van der Waals surface area contributed by atoms with E-state index in [9.17, 15) is 13.2 Å². The zero-order chi connectivity index (χ0) is 11.5. The molecule has 4 heteroatoms. The number of alkyl halides is 3. The van der Waals surface area contributed by atoms with E-state index in [-0.39, 0.29) is 0 Å². The van der Waals surface area contributed by atoms with Crippen molar-refractivity contribution in [2.24, 2.45) is 0 Å². The molecule has 0 N–H and O–H groups in total. The van der Waals surface area contributed by atoms with Gasteiger partial charge in [-0.2, -0.15) is 13.2 Å². The molecule has 0 heterocycles. The zero-order valence-corrected chi connectivity index (χ0v) is 8.43. The van der Waals surface area contributed by atoms with Crippen LogP contribution >= 0.6 is 0 Å². The van der Waals surface area contributed by atoms with E-state index in [1.54, 1.807) is 13.0 Å². The van der Waals surface area contributed by atoms with E-state index in [1.807, 2.05) is 0 Å². The van der Waals surface area contributed by atoms with Crippen molar-refractivity contribution in [3.8, 4) is 0 Å². The Morgan fingerprint density at radius 1 is 1.20 bits per heavy atom. The van der Waals surface area contributed by atoms with Gasteiger partial charge in [-0.3, -0.25) is 0 Å². The van der Waals surface area contributed by atoms with Crippen molar-refractivity contribution in [2.45, 2.75) is 13.1 Å². The molecule has 0 radical (unpaired) electrons. The van der Waals surface area contributed by atoms with Gasteiger partial charge >= 0.3 is 6.18 Å². The molecule has 0 aliphatic carbocycles. The topological polar surface area (TPSA) is 9.23 Å². The van der Waals surface area contributed by atoms with Crippen molar-refractivity contribution >= 4 is 5.76 Å². The van der Waals surface area contributed by atoms with Crippen molar-refractivity contribution in [3.63, 3.8) is 0 Å². The van der Waals surface area contributed by atoms with Crippen LogP contribution in [0.1, 0.15) is 18.1 Å². The molecule has 0 fully saturated rings. The number of methoxy groups -OCH3 is 1. The van der Waals surface area contributed by atoms with Gasteiger partial charge in [-0.25, -0.2) is 0 Å². The molecule has 0 atom stereocenters. The first kappa shape index (κ1) is 11.6. The summed E-state index contributed by atoms with van der Waals surface area (Å²) >= 11 is 0. The Bertz CT molecular complexity index is 349. The average molecular weight is 216 g/mol. The summed E-state index contributed by atoms with van der Waals surface area (Å²) in [5, 5.41) is 0. The lowest BCUT2D eigenvalue weighted by Gasteiger charge is -2.09. The predicted octanol–water partition coefficient (Wildman–Crippen LogP) is 3.71. The Kier molecular flexibility index (Phi) is 3.39. The summed E-state index contributed by atoms with van der Waals surface area (Å²) in [6, 6.07) is 4.86. The molecule has 1 aromatic rings. The second kappa shape index (κ2) is 4.38. The van der Waals surface area contributed by atoms with E-state index in [4.69, 9.17) is 4.74 Å². The largest absolute Gasteiger partial charge is 0.496 e. The number of rotatable bonds is 2. The molecule has 1 nitrogen and oxygen atoms in total. The Morgan fingerprint density at radius 3 is 2.07 bits per heavy atom. The normalized spacial score (nSPS) is 12.7. The molecule has 1 rings (SSSR count). The Balaban J connectivity index is 3.00. The summed E-state index contributed by atoms with van der Waals surface area (Å²) in [6.45, 7) is 1.76. The molecule has 0 unspecified atom stereocenters. The lowest BCUT2D eigenvalue weighted by atomic mass is 10.1. The fourth-order valence-corrected chi connectivity index (χ4v) is 1.23. The molecular weight excluding hydrogens is 205 g/mol. The fourth-order valence-electron chi connectivity index (χ4n) is 1.23. The molecule has 0 bridgehead atoms. The van der Waals surface area contributed by atoms with Crippen LogP contribution in [-0.4, -0.2) is 7.11 Å². The summed E-state index contributed by atoms with van der Waals surface area (Å²) in [4.78, 5) is 0. The molecule has 0 spiro atoms. The van der Waals surface area contributed by atoms with Gasteiger partial charge in [-0.1, -0.05) is 12.1 Å². The van der Waals surface area contributed by atoms with E-state index in [1.165, 1.54) is 19.2 Å². The highest BCUT2D eigenvalue weighted by Gasteiger charge is 2.29. The summed E-state index contributed by atoms with van der Waals surface area (Å²) < 4.78 is 41.7. The minimum absolute atomic E-state index is 0.559. The highest BCUT2D eigenvalue weighted by Crippen LogP contribution is 2.30. The van der Waals surface area contributed by atoms with Gasteiger partial charge in [-0.15, -0.1) is 0 Å². The summed E-state index contributed by atoms with van der Waals surface area (Å²) in [5.74, 6) is 0.559. The highest BCUT2D eigenvalue weighted by molar-refractivity contribution is 5.59. The van der Waals surface area contributed by atoms with Crippen LogP contribution in [0, 0.1) is 0 Å². The smallest absolute Gasteiger partial charge is 0.416 e. The third-order valence-corrected chi connectivity index (χ3v) is 1.98. The van der Waals surface area contributed by atoms with Gasteiger partial charge in [0.15, 0.2) is 0 Å². The minimum atomic E-state index is -4.29. The molecule has 0 aliphatic heterocycles. The number of hydrogen-bond acceptors (Lipinski definition) is 1.